The van der Waals surface area contributed by atoms with Crippen LogP contribution in [0.4, 0.5) is 4.79 Å². The van der Waals surface area contributed by atoms with Gasteiger partial charge in [-0.05, 0) is 20.3 Å². The van der Waals surface area contributed by atoms with E-state index < -0.39 is 11.0 Å². The molecule has 0 rings (SSSR count). The third-order valence-electron chi connectivity index (χ3n) is 1.34. The Hall–Kier alpha value is -0.380. The molecule has 1 amide bonds. The standard InChI is InChI=1S/C7H15NO2S/c1-4-7(3,11)8-6(9)10-5-2/h11H,4-5H2,1-3H3,(H,8,9). The molecule has 0 saturated heterocycles. The first-order valence-corrected chi connectivity index (χ1v) is 4.14. The maximum atomic E-state index is 10.8. The monoisotopic (exact) mass is 177 g/mol. The van der Waals surface area contributed by atoms with Crippen LogP contribution in [0.1, 0.15) is 27.2 Å². The van der Waals surface area contributed by atoms with Crippen molar-refractivity contribution in [3.05, 3.63) is 0 Å². The second kappa shape index (κ2) is 4.49. The fourth-order valence-corrected chi connectivity index (χ4v) is 0.567. The molecule has 0 aromatic heterocycles. The Bertz CT molecular complexity index is 136. The molecular weight excluding hydrogens is 162 g/mol. The molecule has 1 atom stereocenters. The number of amides is 1. The Morgan fingerprint density at radius 3 is 2.55 bits per heavy atom. The Labute approximate surface area is 72.9 Å². The smallest absolute Gasteiger partial charge is 0.408 e. The van der Waals surface area contributed by atoms with Gasteiger partial charge in [0.1, 0.15) is 0 Å². The summed E-state index contributed by atoms with van der Waals surface area (Å²) in [6.07, 6.45) is 0.349. The van der Waals surface area contributed by atoms with Gasteiger partial charge in [0.15, 0.2) is 0 Å². The van der Waals surface area contributed by atoms with Crippen LogP contribution in [0, 0.1) is 0 Å². The van der Waals surface area contributed by atoms with Crippen LogP contribution in [0.25, 0.3) is 0 Å². The van der Waals surface area contributed by atoms with Crippen molar-refractivity contribution in [3.8, 4) is 0 Å². The fraction of sp³-hybridized carbons (Fsp3) is 0.857. The lowest BCUT2D eigenvalue weighted by molar-refractivity contribution is 0.147. The summed E-state index contributed by atoms with van der Waals surface area (Å²) in [5.74, 6) is 0. The lowest BCUT2D eigenvalue weighted by atomic mass is 10.2. The Kier molecular flexibility index (Phi) is 4.33. The number of hydrogen-bond donors (Lipinski definition) is 2. The van der Waals surface area contributed by atoms with E-state index in [1.165, 1.54) is 0 Å². The van der Waals surface area contributed by atoms with Gasteiger partial charge in [0.05, 0.1) is 11.5 Å². The van der Waals surface area contributed by atoms with Gasteiger partial charge in [-0.2, -0.15) is 12.6 Å². The summed E-state index contributed by atoms with van der Waals surface area (Å²) in [4.78, 5) is 10.4. The minimum Gasteiger partial charge on any atom is -0.450 e. The van der Waals surface area contributed by atoms with Crippen molar-refractivity contribution in [2.45, 2.75) is 32.1 Å². The molecule has 0 aliphatic carbocycles. The van der Waals surface area contributed by atoms with Crippen LogP contribution in [0.2, 0.25) is 0 Å². The highest BCUT2D eigenvalue weighted by atomic mass is 32.1. The maximum absolute atomic E-state index is 10.8. The van der Waals surface area contributed by atoms with Gasteiger partial charge in [0.25, 0.3) is 0 Å². The summed E-state index contributed by atoms with van der Waals surface area (Å²) in [5.41, 5.74) is 0. The van der Waals surface area contributed by atoms with Gasteiger partial charge < -0.3 is 10.1 Å². The van der Waals surface area contributed by atoms with E-state index >= 15 is 0 Å². The maximum Gasteiger partial charge on any atom is 0.408 e. The molecule has 0 aromatic carbocycles. The Morgan fingerprint density at radius 1 is 1.64 bits per heavy atom. The number of carbonyl (C=O) groups is 1. The minimum atomic E-state index is -0.466. The third kappa shape index (κ3) is 4.95. The molecule has 3 nitrogen and oxygen atoms in total. The van der Waals surface area contributed by atoms with E-state index in [-0.39, 0.29) is 0 Å². The minimum absolute atomic E-state index is 0.388. The Balaban J connectivity index is 3.74. The topological polar surface area (TPSA) is 38.3 Å². The molecule has 66 valence electrons. The first-order valence-electron chi connectivity index (χ1n) is 3.69. The van der Waals surface area contributed by atoms with E-state index in [9.17, 15) is 4.79 Å². The predicted molar refractivity (Wildman–Crippen MR) is 47.8 cm³/mol. The van der Waals surface area contributed by atoms with E-state index in [0.717, 1.165) is 6.42 Å². The number of rotatable bonds is 3. The van der Waals surface area contributed by atoms with Crippen LogP contribution in [-0.4, -0.2) is 17.6 Å². The molecule has 4 heteroatoms. The molecule has 0 heterocycles. The van der Waals surface area contributed by atoms with Crippen molar-refractivity contribution in [1.82, 2.24) is 5.32 Å². The molecule has 0 spiro atoms. The summed E-state index contributed by atoms with van der Waals surface area (Å²) in [6.45, 7) is 5.92. The summed E-state index contributed by atoms with van der Waals surface area (Å²) < 4.78 is 4.68. The highest BCUT2D eigenvalue weighted by Gasteiger charge is 2.18. The summed E-state index contributed by atoms with van der Waals surface area (Å²) >= 11 is 4.21. The molecule has 0 aliphatic heterocycles. The molecule has 1 N–H and O–H groups in total. The van der Waals surface area contributed by atoms with Gasteiger partial charge in [0, 0.05) is 0 Å². The zero-order chi connectivity index (χ0) is 8.91. The number of hydrogen-bond acceptors (Lipinski definition) is 3. The lowest BCUT2D eigenvalue weighted by Crippen LogP contribution is -2.41. The molecule has 11 heavy (non-hydrogen) atoms. The molecule has 1 unspecified atom stereocenters. The Morgan fingerprint density at radius 2 is 2.18 bits per heavy atom. The van der Waals surface area contributed by atoms with E-state index in [1.54, 1.807) is 6.92 Å². The zero-order valence-corrected chi connectivity index (χ0v) is 8.07. The SMILES string of the molecule is CCOC(=O)NC(C)(S)CC. The number of thiol groups is 1. The summed E-state index contributed by atoms with van der Waals surface area (Å²) in [5, 5.41) is 2.61. The number of alkyl carbamates (subject to hydrolysis) is 1. The average molecular weight is 177 g/mol. The van der Waals surface area contributed by atoms with E-state index in [4.69, 9.17) is 0 Å². The van der Waals surface area contributed by atoms with Crippen molar-refractivity contribution in [2.75, 3.05) is 6.61 Å². The van der Waals surface area contributed by atoms with E-state index in [1.807, 2.05) is 13.8 Å². The number of carbonyl (C=O) groups excluding carboxylic acids is 1. The molecule has 0 aromatic rings. The molecule has 0 fully saturated rings. The van der Waals surface area contributed by atoms with Gasteiger partial charge in [0.2, 0.25) is 0 Å². The highest BCUT2D eigenvalue weighted by molar-refractivity contribution is 7.81. The van der Waals surface area contributed by atoms with Crippen molar-refractivity contribution in [3.63, 3.8) is 0 Å². The second-order valence-corrected chi connectivity index (χ2v) is 3.46. The number of ether oxygens (including phenoxy) is 1. The average Bonchev–Trinajstić information content (AvgIpc) is 1.87. The highest BCUT2D eigenvalue weighted by Crippen LogP contribution is 2.13. The second-order valence-electron chi connectivity index (χ2n) is 2.47. The molecule has 0 radical (unpaired) electrons. The van der Waals surface area contributed by atoms with E-state index in [2.05, 4.69) is 22.7 Å². The van der Waals surface area contributed by atoms with Crippen LogP contribution >= 0.6 is 12.6 Å². The van der Waals surface area contributed by atoms with Crippen LogP contribution in [0.5, 0.6) is 0 Å². The van der Waals surface area contributed by atoms with Crippen LogP contribution in [0.3, 0.4) is 0 Å². The largest absolute Gasteiger partial charge is 0.450 e. The first kappa shape index (κ1) is 10.6. The van der Waals surface area contributed by atoms with Crippen molar-refractivity contribution < 1.29 is 9.53 Å². The van der Waals surface area contributed by atoms with Gasteiger partial charge in [-0.15, -0.1) is 0 Å². The summed E-state index contributed by atoms with van der Waals surface area (Å²) in [6, 6.07) is 0. The predicted octanol–water partition coefficient (Wildman–Crippen LogP) is 1.79. The van der Waals surface area contributed by atoms with Gasteiger partial charge in [-0.3, -0.25) is 0 Å². The van der Waals surface area contributed by atoms with Gasteiger partial charge in [-0.25, -0.2) is 4.79 Å². The lowest BCUT2D eigenvalue weighted by Gasteiger charge is -2.22. The van der Waals surface area contributed by atoms with Gasteiger partial charge >= 0.3 is 6.09 Å². The first-order chi connectivity index (χ1) is 5.02. The van der Waals surface area contributed by atoms with Crippen LogP contribution < -0.4 is 5.32 Å². The zero-order valence-electron chi connectivity index (χ0n) is 7.18. The van der Waals surface area contributed by atoms with Crippen molar-refractivity contribution in [1.29, 1.82) is 0 Å². The van der Waals surface area contributed by atoms with E-state index in [0.29, 0.717) is 6.61 Å². The van der Waals surface area contributed by atoms with Crippen LogP contribution in [-0.2, 0) is 4.74 Å². The molecule has 0 aliphatic rings. The number of nitrogens with one attached hydrogen (secondary N) is 1. The molecule has 0 saturated carbocycles. The summed E-state index contributed by atoms with van der Waals surface area (Å²) in [7, 11) is 0. The van der Waals surface area contributed by atoms with Crippen molar-refractivity contribution in [2.24, 2.45) is 0 Å². The molecular formula is C7H15NO2S. The molecule has 0 bridgehead atoms. The van der Waals surface area contributed by atoms with Crippen LogP contribution in [0.15, 0.2) is 0 Å². The quantitative estimate of drug-likeness (QED) is 0.509. The normalized spacial score (nSPS) is 15.3. The fourth-order valence-electron chi connectivity index (χ4n) is 0.475. The van der Waals surface area contributed by atoms with Gasteiger partial charge in [-0.1, -0.05) is 6.92 Å². The third-order valence-corrected chi connectivity index (χ3v) is 1.76. The van der Waals surface area contributed by atoms with Crippen molar-refractivity contribution >= 4 is 18.7 Å².